The topological polar surface area (TPSA) is 439 Å². The number of amides is 7. The highest BCUT2D eigenvalue weighted by Crippen LogP contribution is 2.08. The molecular weight excluding hydrogens is 750 g/mol. The summed E-state index contributed by atoms with van der Waals surface area (Å²) >= 11 is 0. The molecule has 0 aromatic heterocycles. The van der Waals surface area contributed by atoms with Gasteiger partial charge in [0.15, 0.2) is 11.9 Å². The molecule has 0 bridgehead atoms. The van der Waals surface area contributed by atoms with Crippen molar-refractivity contribution in [3.05, 3.63) is 0 Å². The third-order valence-electron chi connectivity index (χ3n) is 8.28. The van der Waals surface area contributed by atoms with Crippen LogP contribution in [0.5, 0.6) is 0 Å². The Labute approximate surface area is 332 Å². The molecule has 0 fully saturated rings. The minimum Gasteiger partial charge on any atom is -0.394 e. The molecule has 0 aromatic carbocycles. The molecule has 22 N–H and O–H groups in total. The number of unbranched alkanes of at least 4 members (excludes halogenated alkanes) is 2. The molecule has 0 radical (unpaired) electrons. The van der Waals surface area contributed by atoms with Gasteiger partial charge in [0.05, 0.1) is 12.7 Å². The number of rotatable bonds is 30. The molecule has 0 aromatic rings. The number of hydrogen-bond acceptors (Lipinski definition) is 13. The summed E-state index contributed by atoms with van der Waals surface area (Å²) in [7, 11) is 0. The van der Waals surface area contributed by atoms with Gasteiger partial charge in [-0.25, -0.2) is 0 Å². The number of nitrogens with one attached hydrogen (secondary N) is 6. The predicted octanol–water partition coefficient (Wildman–Crippen LogP) is -6.86. The summed E-state index contributed by atoms with van der Waals surface area (Å²) in [5.41, 5.74) is 38.0. The standard InChI is InChI=1S/C33H65N15O9/c1-18(50)25(48-29(55)21(43-19(2)51)12-8-16-42-33(39)40)31(57)47-24(17-49)30(56)46-23(10-4-6-14-35)28(54)45-22(9-3-5-13-34)27(53)44-20(26(36)52)11-7-15-41-32(37)38/h18,20-25,49-50H,3-17,34-35H2,1-2H3,(H2,36,52)(H,43,51)(H,44,53)(H,45,54)(H,46,56)(H,47,57)(H,48,55)(H4,37,38,41)(H4,39,40,42)/t18-,20+,21+,22+,23+,24+,25+/m1/s1. The highest BCUT2D eigenvalue weighted by molar-refractivity contribution is 5.97. The van der Waals surface area contributed by atoms with Gasteiger partial charge in [-0.2, -0.15) is 0 Å². The van der Waals surface area contributed by atoms with E-state index in [0.29, 0.717) is 38.6 Å². The largest absolute Gasteiger partial charge is 0.394 e. The average molecular weight is 816 g/mol. The smallest absolute Gasteiger partial charge is 0.245 e. The molecule has 0 aliphatic carbocycles. The molecule has 0 aliphatic rings. The second-order valence-corrected chi connectivity index (χ2v) is 13.3. The van der Waals surface area contributed by atoms with Crippen LogP contribution in [-0.2, 0) is 33.6 Å². The SMILES string of the molecule is CC(=O)N[C@@H](CCCN=C(N)N)C(=O)N[C@H](C(=O)N[C@@H](CO)C(=O)N[C@@H](CCCCN)C(=O)N[C@@H](CCCCN)C(=O)N[C@@H](CCCN=C(N)N)C(N)=O)[C@@H](C)O. The fraction of sp³-hybridized carbons (Fsp3) is 0.727. The number of carbonyl (C=O) groups is 7. The van der Waals surface area contributed by atoms with Gasteiger partial charge in [0.1, 0.15) is 36.3 Å². The Morgan fingerprint density at radius 3 is 1.28 bits per heavy atom. The van der Waals surface area contributed by atoms with Crippen molar-refractivity contribution in [2.75, 3.05) is 32.8 Å². The molecule has 0 unspecified atom stereocenters. The predicted molar refractivity (Wildman–Crippen MR) is 211 cm³/mol. The number of aliphatic hydroxyl groups excluding tert-OH is 2. The van der Waals surface area contributed by atoms with Crippen LogP contribution >= 0.6 is 0 Å². The van der Waals surface area contributed by atoms with Crippen LogP contribution < -0.4 is 72.0 Å². The molecule has 0 saturated carbocycles. The van der Waals surface area contributed by atoms with E-state index >= 15 is 0 Å². The van der Waals surface area contributed by atoms with E-state index in [9.17, 15) is 43.8 Å². The summed E-state index contributed by atoms with van der Waals surface area (Å²) in [5.74, 6) is -6.12. The van der Waals surface area contributed by atoms with Crippen molar-refractivity contribution in [2.24, 2.45) is 50.1 Å². The van der Waals surface area contributed by atoms with Crippen molar-refractivity contribution < 1.29 is 43.8 Å². The lowest BCUT2D eigenvalue weighted by molar-refractivity contribution is -0.137. The van der Waals surface area contributed by atoms with Crippen LogP contribution in [0.4, 0.5) is 0 Å². The molecule has 0 aliphatic heterocycles. The van der Waals surface area contributed by atoms with Gasteiger partial charge in [-0.1, -0.05) is 0 Å². The molecule has 7 atom stereocenters. The summed E-state index contributed by atoms with van der Waals surface area (Å²) < 4.78 is 0. The van der Waals surface area contributed by atoms with E-state index in [1.54, 1.807) is 0 Å². The van der Waals surface area contributed by atoms with Crippen LogP contribution in [0.2, 0.25) is 0 Å². The Balaban J connectivity index is 6.04. The molecule has 24 nitrogen and oxygen atoms in total. The molecule has 0 rings (SSSR count). The van der Waals surface area contributed by atoms with Gasteiger partial charge in [-0.3, -0.25) is 43.5 Å². The Bertz CT molecular complexity index is 1360. The molecule has 0 saturated heterocycles. The third-order valence-corrected chi connectivity index (χ3v) is 8.28. The first-order valence-electron chi connectivity index (χ1n) is 18.8. The Morgan fingerprint density at radius 1 is 0.526 bits per heavy atom. The fourth-order valence-corrected chi connectivity index (χ4v) is 5.26. The maximum Gasteiger partial charge on any atom is 0.245 e. The number of hydrogen-bond donors (Lipinski definition) is 15. The summed E-state index contributed by atoms with van der Waals surface area (Å²) in [6.45, 7) is 2.31. The normalized spacial score (nSPS) is 14.5. The number of nitrogens with two attached hydrogens (primary N) is 7. The van der Waals surface area contributed by atoms with Crippen molar-refractivity contribution in [2.45, 2.75) is 120 Å². The summed E-state index contributed by atoms with van der Waals surface area (Å²) in [5, 5.41) is 35.2. The molecule has 0 heterocycles. The van der Waals surface area contributed by atoms with Crippen LogP contribution in [0.1, 0.15) is 78.1 Å². The summed E-state index contributed by atoms with van der Waals surface area (Å²) in [6, 6.07) is -8.07. The number of guanidine groups is 2. The quantitative estimate of drug-likeness (QED) is 0.0182. The van der Waals surface area contributed by atoms with Gasteiger partial charge in [0.25, 0.3) is 0 Å². The van der Waals surface area contributed by atoms with Crippen LogP contribution in [0.3, 0.4) is 0 Å². The lowest BCUT2D eigenvalue weighted by Crippen LogP contribution is -2.61. The number of nitrogens with zero attached hydrogens (tertiary/aromatic N) is 2. The highest BCUT2D eigenvalue weighted by atomic mass is 16.3. The van der Waals surface area contributed by atoms with E-state index in [1.807, 2.05) is 0 Å². The number of aliphatic hydroxyl groups is 2. The van der Waals surface area contributed by atoms with Gasteiger partial charge in [0, 0.05) is 20.0 Å². The zero-order valence-electron chi connectivity index (χ0n) is 32.8. The van der Waals surface area contributed by atoms with Crippen molar-refractivity contribution >= 4 is 53.3 Å². The maximum absolute atomic E-state index is 13.7. The second-order valence-electron chi connectivity index (χ2n) is 13.3. The molecular formula is C33H65N15O9. The zero-order chi connectivity index (χ0) is 43.5. The molecule has 57 heavy (non-hydrogen) atoms. The van der Waals surface area contributed by atoms with Gasteiger partial charge in [-0.05, 0) is 84.2 Å². The maximum atomic E-state index is 13.7. The van der Waals surface area contributed by atoms with E-state index in [2.05, 4.69) is 41.9 Å². The highest BCUT2D eigenvalue weighted by Gasteiger charge is 2.34. The fourth-order valence-electron chi connectivity index (χ4n) is 5.26. The van der Waals surface area contributed by atoms with Crippen LogP contribution in [0.25, 0.3) is 0 Å². The Hall–Kier alpha value is -5.33. The number of carbonyl (C=O) groups excluding carboxylic acids is 7. The van der Waals surface area contributed by atoms with Crippen LogP contribution in [-0.4, -0.2) is 139 Å². The molecule has 0 spiro atoms. The van der Waals surface area contributed by atoms with E-state index in [4.69, 9.17) is 40.1 Å². The number of aliphatic imine (C=N–C) groups is 2. The summed E-state index contributed by atoms with van der Waals surface area (Å²) in [6.07, 6.45) is 1.10. The zero-order valence-corrected chi connectivity index (χ0v) is 32.8. The van der Waals surface area contributed by atoms with Gasteiger partial charge in [0.2, 0.25) is 41.4 Å². The second kappa shape index (κ2) is 29.0. The third kappa shape index (κ3) is 22.7. The molecule has 326 valence electrons. The van der Waals surface area contributed by atoms with Crippen molar-refractivity contribution in [3.63, 3.8) is 0 Å². The van der Waals surface area contributed by atoms with Gasteiger partial charge in [-0.15, -0.1) is 0 Å². The summed E-state index contributed by atoms with van der Waals surface area (Å²) in [4.78, 5) is 98.4. The van der Waals surface area contributed by atoms with Crippen molar-refractivity contribution in [1.82, 2.24) is 31.9 Å². The monoisotopic (exact) mass is 816 g/mol. The first kappa shape index (κ1) is 51.7. The average Bonchev–Trinajstić information content (AvgIpc) is 3.13. The van der Waals surface area contributed by atoms with Gasteiger partial charge >= 0.3 is 0 Å². The lowest BCUT2D eigenvalue weighted by atomic mass is 10.0. The van der Waals surface area contributed by atoms with Crippen LogP contribution in [0.15, 0.2) is 9.98 Å². The first-order valence-corrected chi connectivity index (χ1v) is 18.8. The van der Waals surface area contributed by atoms with Crippen molar-refractivity contribution in [1.29, 1.82) is 0 Å². The molecule has 7 amide bonds. The van der Waals surface area contributed by atoms with E-state index in [0.717, 1.165) is 0 Å². The first-order chi connectivity index (χ1) is 26.9. The van der Waals surface area contributed by atoms with E-state index < -0.39 is 90.3 Å². The Morgan fingerprint density at radius 2 is 0.895 bits per heavy atom. The minimum absolute atomic E-state index is 0.0345. The minimum atomic E-state index is -1.68. The van der Waals surface area contributed by atoms with E-state index in [-0.39, 0.29) is 63.7 Å². The lowest BCUT2D eigenvalue weighted by Gasteiger charge is -2.27. The van der Waals surface area contributed by atoms with E-state index in [1.165, 1.54) is 13.8 Å². The van der Waals surface area contributed by atoms with Crippen molar-refractivity contribution in [3.8, 4) is 0 Å². The number of primary amides is 1. The van der Waals surface area contributed by atoms with Gasteiger partial charge < -0.3 is 82.2 Å². The molecule has 24 heteroatoms. The Kier molecular flexibility index (Phi) is 26.3. The van der Waals surface area contributed by atoms with Crippen LogP contribution in [0, 0.1) is 0 Å².